The summed E-state index contributed by atoms with van der Waals surface area (Å²) in [5.41, 5.74) is 2.69. The van der Waals surface area contributed by atoms with Crippen LogP contribution in [0.2, 0.25) is 0 Å². The lowest BCUT2D eigenvalue weighted by Gasteiger charge is -2.01. The fraction of sp³-hybridized carbons (Fsp3) is 0.533. The zero-order chi connectivity index (χ0) is 13.4. The molecule has 0 atom stereocenters. The molecule has 1 fully saturated rings. The number of carboxylic acids is 1. The van der Waals surface area contributed by atoms with E-state index >= 15 is 0 Å². The number of hydrogen-bond acceptors (Lipinski definition) is 2. The van der Waals surface area contributed by atoms with Gasteiger partial charge in [-0.15, -0.1) is 0 Å². The van der Waals surface area contributed by atoms with Crippen molar-refractivity contribution in [3.05, 3.63) is 35.4 Å². The van der Waals surface area contributed by atoms with Crippen molar-refractivity contribution in [3.8, 4) is 0 Å². The Labute approximate surface area is 108 Å². The fourth-order valence-electron chi connectivity index (χ4n) is 1.63. The van der Waals surface area contributed by atoms with Crippen molar-refractivity contribution in [1.82, 2.24) is 0 Å². The van der Waals surface area contributed by atoms with Gasteiger partial charge in [0, 0.05) is 13.0 Å². The second kappa shape index (κ2) is 7.88. The van der Waals surface area contributed by atoms with Crippen LogP contribution in [0.5, 0.6) is 0 Å². The van der Waals surface area contributed by atoms with Crippen LogP contribution in [0.1, 0.15) is 37.3 Å². The number of aliphatic hydroxyl groups excluding tert-OH is 1. The molecule has 18 heavy (non-hydrogen) atoms. The Morgan fingerprint density at radius 3 is 2.11 bits per heavy atom. The molecular formula is C15H22O3. The Morgan fingerprint density at radius 2 is 1.72 bits per heavy atom. The van der Waals surface area contributed by atoms with Crippen molar-refractivity contribution >= 4 is 5.97 Å². The smallest absolute Gasteiger partial charge is 0.303 e. The zero-order valence-electron chi connectivity index (χ0n) is 10.9. The van der Waals surface area contributed by atoms with E-state index in [0.29, 0.717) is 0 Å². The van der Waals surface area contributed by atoms with Crippen LogP contribution in [0.15, 0.2) is 24.3 Å². The summed E-state index contributed by atoms with van der Waals surface area (Å²) in [7, 11) is 0. The summed E-state index contributed by atoms with van der Waals surface area (Å²) in [6.07, 6.45) is 5.08. The van der Waals surface area contributed by atoms with E-state index in [1.165, 1.54) is 30.4 Å². The Bertz CT molecular complexity index is 353. The predicted octanol–water partition coefficient (Wildman–Crippen LogP) is 2.65. The molecule has 3 nitrogen and oxygen atoms in total. The number of rotatable bonds is 5. The van der Waals surface area contributed by atoms with Crippen LogP contribution in [-0.4, -0.2) is 22.8 Å². The third-order valence-electron chi connectivity index (χ3n) is 2.95. The van der Waals surface area contributed by atoms with Crippen molar-refractivity contribution in [2.45, 2.75) is 39.0 Å². The summed E-state index contributed by atoms with van der Waals surface area (Å²) < 4.78 is 0. The lowest BCUT2D eigenvalue weighted by Crippen LogP contribution is -1.92. The summed E-state index contributed by atoms with van der Waals surface area (Å²) in [6, 6.07) is 8.66. The number of aliphatic hydroxyl groups is 1. The van der Waals surface area contributed by atoms with E-state index in [1.807, 2.05) is 0 Å². The summed E-state index contributed by atoms with van der Waals surface area (Å²) in [5.74, 6) is 0.216. The Morgan fingerprint density at radius 1 is 1.22 bits per heavy atom. The van der Waals surface area contributed by atoms with Gasteiger partial charge in [0.05, 0.1) is 0 Å². The third kappa shape index (κ3) is 6.40. The van der Waals surface area contributed by atoms with Gasteiger partial charge < -0.3 is 10.2 Å². The topological polar surface area (TPSA) is 57.5 Å². The van der Waals surface area contributed by atoms with E-state index in [9.17, 15) is 4.79 Å². The number of carboxylic acid groups (broad SMARTS) is 1. The molecule has 1 aliphatic carbocycles. The summed E-state index contributed by atoms with van der Waals surface area (Å²) in [5, 5.41) is 16.5. The minimum atomic E-state index is -0.745. The Balaban J connectivity index is 0.000000280. The molecule has 1 aromatic rings. The van der Waals surface area contributed by atoms with Gasteiger partial charge in [0.15, 0.2) is 0 Å². The third-order valence-corrected chi connectivity index (χ3v) is 2.95. The van der Waals surface area contributed by atoms with Crippen molar-refractivity contribution in [1.29, 1.82) is 0 Å². The molecule has 0 bridgehead atoms. The maximum Gasteiger partial charge on any atom is 0.303 e. The first kappa shape index (κ1) is 14.7. The first-order valence-electron chi connectivity index (χ1n) is 6.56. The predicted molar refractivity (Wildman–Crippen MR) is 71.6 cm³/mol. The molecule has 0 aromatic heterocycles. The first-order valence-corrected chi connectivity index (χ1v) is 6.56. The fourth-order valence-corrected chi connectivity index (χ4v) is 1.63. The SMILES string of the molecule is CCC(=O)O.OCCc1ccc(CC2CC2)cc1. The number of aliphatic carboxylic acids is 1. The average molecular weight is 250 g/mol. The van der Waals surface area contributed by atoms with Crippen molar-refractivity contribution < 1.29 is 15.0 Å². The van der Waals surface area contributed by atoms with Gasteiger partial charge in [0.1, 0.15) is 0 Å². The molecule has 3 heteroatoms. The second-order valence-corrected chi connectivity index (χ2v) is 4.68. The molecule has 2 rings (SSSR count). The van der Waals surface area contributed by atoms with Crippen molar-refractivity contribution in [2.24, 2.45) is 5.92 Å². The largest absolute Gasteiger partial charge is 0.481 e. The van der Waals surface area contributed by atoms with Gasteiger partial charge in [-0.2, -0.15) is 0 Å². The molecule has 0 unspecified atom stereocenters. The van der Waals surface area contributed by atoms with Crippen LogP contribution in [-0.2, 0) is 17.6 Å². The van der Waals surface area contributed by atoms with E-state index in [0.717, 1.165) is 12.3 Å². The molecule has 0 radical (unpaired) electrons. The van der Waals surface area contributed by atoms with Gasteiger partial charge >= 0.3 is 5.97 Å². The second-order valence-electron chi connectivity index (χ2n) is 4.68. The Hall–Kier alpha value is -1.35. The summed E-state index contributed by atoms with van der Waals surface area (Å²) in [4.78, 5) is 9.37. The molecule has 1 aromatic carbocycles. The highest BCUT2D eigenvalue weighted by atomic mass is 16.4. The van der Waals surface area contributed by atoms with E-state index in [1.54, 1.807) is 6.92 Å². The highest BCUT2D eigenvalue weighted by Crippen LogP contribution is 2.32. The van der Waals surface area contributed by atoms with Crippen LogP contribution in [0.25, 0.3) is 0 Å². The van der Waals surface area contributed by atoms with Crippen LogP contribution in [0, 0.1) is 5.92 Å². The number of hydrogen-bond donors (Lipinski definition) is 2. The lowest BCUT2D eigenvalue weighted by molar-refractivity contribution is -0.136. The molecule has 0 aliphatic heterocycles. The standard InChI is InChI=1S/C12H16O.C3H6O2/c13-8-7-10-1-3-11(4-2-10)9-12-5-6-12;1-2-3(4)5/h1-4,12-13H,5-9H2;2H2,1H3,(H,4,5). The van der Waals surface area contributed by atoms with Gasteiger partial charge in [-0.05, 0) is 42.7 Å². The van der Waals surface area contributed by atoms with Gasteiger partial charge in [-0.25, -0.2) is 0 Å². The molecule has 1 aliphatic rings. The first-order chi connectivity index (χ1) is 8.65. The maximum atomic E-state index is 9.37. The molecule has 0 saturated heterocycles. The summed E-state index contributed by atoms with van der Waals surface area (Å²) in [6.45, 7) is 1.85. The number of benzene rings is 1. The van der Waals surface area contributed by atoms with Crippen molar-refractivity contribution in [3.63, 3.8) is 0 Å². The molecule has 0 heterocycles. The minimum Gasteiger partial charge on any atom is -0.481 e. The maximum absolute atomic E-state index is 9.37. The minimum absolute atomic E-state index is 0.222. The summed E-state index contributed by atoms with van der Waals surface area (Å²) >= 11 is 0. The quantitative estimate of drug-likeness (QED) is 0.844. The highest BCUT2D eigenvalue weighted by Gasteiger charge is 2.20. The Kier molecular flexibility index (Phi) is 6.44. The average Bonchev–Trinajstić information content (AvgIpc) is 3.17. The van der Waals surface area contributed by atoms with Gasteiger partial charge in [0.2, 0.25) is 0 Å². The van der Waals surface area contributed by atoms with Crippen LogP contribution in [0.3, 0.4) is 0 Å². The molecule has 100 valence electrons. The van der Waals surface area contributed by atoms with E-state index in [-0.39, 0.29) is 13.0 Å². The monoisotopic (exact) mass is 250 g/mol. The molecule has 0 amide bonds. The van der Waals surface area contributed by atoms with Crippen molar-refractivity contribution in [2.75, 3.05) is 6.61 Å². The van der Waals surface area contributed by atoms with E-state index < -0.39 is 5.97 Å². The van der Waals surface area contributed by atoms with Crippen LogP contribution in [0.4, 0.5) is 0 Å². The number of carbonyl (C=O) groups is 1. The zero-order valence-corrected chi connectivity index (χ0v) is 10.9. The molecule has 1 saturated carbocycles. The van der Waals surface area contributed by atoms with Gasteiger partial charge in [-0.1, -0.05) is 31.2 Å². The molecule has 2 N–H and O–H groups in total. The van der Waals surface area contributed by atoms with Gasteiger partial charge in [0.25, 0.3) is 0 Å². The van der Waals surface area contributed by atoms with Crippen LogP contribution >= 0.6 is 0 Å². The lowest BCUT2D eigenvalue weighted by atomic mass is 10.1. The molecule has 0 spiro atoms. The van der Waals surface area contributed by atoms with Crippen LogP contribution < -0.4 is 0 Å². The van der Waals surface area contributed by atoms with E-state index in [2.05, 4.69) is 24.3 Å². The van der Waals surface area contributed by atoms with Gasteiger partial charge in [-0.3, -0.25) is 4.79 Å². The van der Waals surface area contributed by atoms with E-state index in [4.69, 9.17) is 10.2 Å². The highest BCUT2D eigenvalue weighted by molar-refractivity contribution is 5.66. The molecular weight excluding hydrogens is 228 g/mol. The normalized spacial score (nSPS) is 13.7.